The van der Waals surface area contributed by atoms with E-state index in [1.807, 2.05) is 12.1 Å². The van der Waals surface area contributed by atoms with E-state index in [-0.39, 0.29) is 0 Å². The van der Waals surface area contributed by atoms with E-state index in [1.165, 1.54) is 0 Å². The number of amidine groups is 1. The fraction of sp³-hybridized carbons (Fsp3) is 0.524. The van der Waals surface area contributed by atoms with Crippen molar-refractivity contribution < 1.29 is 4.74 Å². The van der Waals surface area contributed by atoms with E-state index < -0.39 is 0 Å². The summed E-state index contributed by atoms with van der Waals surface area (Å²) in [6.07, 6.45) is 1.02. The summed E-state index contributed by atoms with van der Waals surface area (Å²) in [5.41, 5.74) is 3.00. The van der Waals surface area contributed by atoms with E-state index in [0.29, 0.717) is 12.0 Å². The molecule has 0 unspecified atom stereocenters. The third-order valence-corrected chi connectivity index (χ3v) is 6.73. The number of hydrogen-bond donors (Lipinski definition) is 1. The number of rotatable bonds is 4. The first-order valence-electron chi connectivity index (χ1n) is 9.96. The normalized spacial score (nSPS) is 19.7. The van der Waals surface area contributed by atoms with Gasteiger partial charge in [-0.25, -0.2) is 9.98 Å². The van der Waals surface area contributed by atoms with Crippen molar-refractivity contribution >= 4 is 33.5 Å². The molecule has 0 radical (unpaired) electrons. The van der Waals surface area contributed by atoms with Crippen LogP contribution in [0, 0.1) is 0 Å². The van der Waals surface area contributed by atoms with Gasteiger partial charge in [0, 0.05) is 45.3 Å². The van der Waals surface area contributed by atoms with Gasteiger partial charge in [-0.3, -0.25) is 4.90 Å². The van der Waals surface area contributed by atoms with E-state index in [4.69, 9.17) is 14.7 Å². The minimum Gasteiger partial charge on any atom is -0.385 e. The van der Waals surface area contributed by atoms with Crippen molar-refractivity contribution in [1.29, 1.82) is 0 Å². The highest BCUT2D eigenvalue weighted by Gasteiger charge is 2.31. The van der Waals surface area contributed by atoms with Gasteiger partial charge in [-0.15, -0.1) is 11.3 Å². The second-order valence-electron chi connectivity index (χ2n) is 7.82. The molecule has 1 atom stereocenters. The zero-order chi connectivity index (χ0) is 19.7. The first-order chi connectivity index (χ1) is 13.6. The summed E-state index contributed by atoms with van der Waals surface area (Å²) in [6, 6.07) is 8.70. The number of piperazine rings is 1. The lowest BCUT2D eigenvalue weighted by molar-refractivity contribution is 0.100. The average Bonchev–Trinajstić information content (AvgIpc) is 3.04. The van der Waals surface area contributed by atoms with Crippen LogP contribution >= 0.6 is 11.3 Å². The molecule has 0 spiro atoms. The number of hydrogen-bond acceptors (Lipinski definition) is 7. The van der Waals surface area contributed by atoms with Crippen molar-refractivity contribution in [3.63, 3.8) is 0 Å². The van der Waals surface area contributed by atoms with Crippen molar-refractivity contribution in [1.82, 2.24) is 14.8 Å². The Morgan fingerprint density at radius 3 is 2.89 bits per heavy atom. The molecule has 1 aromatic heterocycles. The maximum atomic E-state index is 5.33. The number of aromatic nitrogens is 1. The van der Waals surface area contributed by atoms with Crippen LogP contribution in [0.5, 0.6) is 0 Å². The number of likely N-dealkylation sites (N-methyl/N-ethyl adjacent to an activating group) is 1. The number of fused-ring (bicyclic) bond motifs is 2. The van der Waals surface area contributed by atoms with E-state index in [2.05, 4.69) is 48.1 Å². The zero-order valence-electron chi connectivity index (χ0n) is 17.1. The third kappa shape index (κ3) is 3.79. The number of methoxy groups -OCH3 is 1. The molecule has 6 nitrogen and oxygen atoms in total. The van der Waals surface area contributed by atoms with E-state index >= 15 is 0 Å². The van der Waals surface area contributed by atoms with Gasteiger partial charge in [0.1, 0.15) is 10.7 Å². The smallest absolute Gasteiger partial charge is 0.158 e. The summed E-state index contributed by atoms with van der Waals surface area (Å²) >= 11 is 1.74. The molecule has 0 aliphatic carbocycles. The fourth-order valence-corrected chi connectivity index (χ4v) is 4.69. The maximum absolute atomic E-state index is 5.33. The molecule has 3 heterocycles. The molecule has 150 valence electrons. The van der Waals surface area contributed by atoms with Gasteiger partial charge in [0.2, 0.25) is 0 Å². The molecule has 4 rings (SSSR count). The van der Waals surface area contributed by atoms with Crippen molar-refractivity contribution in [2.24, 2.45) is 4.99 Å². The molecular weight excluding hydrogens is 370 g/mol. The Morgan fingerprint density at radius 2 is 2.11 bits per heavy atom. The highest BCUT2D eigenvalue weighted by atomic mass is 32.1. The predicted octanol–water partition coefficient (Wildman–Crippen LogP) is 4.05. The number of ether oxygens (including phenoxy) is 1. The Labute approximate surface area is 171 Å². The highest BCUT2D eigenvalue weighted by Crippen LogP contribution is 2.39. The van der Waals surface area contributed by atoms with Gasteiger partial charge >= 0.3 is 0 Å². The lowest BCUT2D eigenvalue weighted by atomic mass is 10.1. The molecule has 0 saturated carbocycles. The molecule has 2 aliphatic heterocycles. The van der Waals surface area contributed by atoms with Crippen molar-refractivity contribution in [3.05, 3.63) is 35.0 Å². The second kappa shape index (κ2) is 8.19. The molecule has 7 heteroatoms. The van der Waals surface area contributed by atoms with Gasteiger partial charge in [-0.05, 0) is 25.6 Å². The molecule has 1 aromatic carbocycles. The molecule has 2 aliphatic rings. The molecule has 0 amide bonds. The Hall–Kier alpha value is -1.96. The molecule has 0 bridgehead atoms. The van der Waals surface area contributed by atoms with Crippen LogP contribution in [0.1, 0.15) is 36.9 Å². The van der Waals surface area contributed by atoms with Crippen LogP contribution in [-0.2, 0) is 4.74 Å². The van der Waals surface area contributed by atoms with Gasteiger partial charge in [0.15, 0.2) is 5.84 Å². The molecule has 28 heavy (non-hydrogen) atoms. The maximum Gasteiger partial charge on any atom is 0.158 e. The molecule has 1 fully saturated rings. The van der Waals surface area contributed by atoms with Crippen LogP contribution < -0.4 is 5.32 Å². The molecular formula is C21H29N5OS. The van der Waals surface area contributed by atoms with Gasteiger partial charge in [0.25, 0.3) is 0 Å². The average molecular weight is 400 g/mol. The van der Waals surface area contributed by atoms with Gasteiger partial charge in [-0.1, -0.05) is 26.0 Å². The lowest BCUT2D eigenvalue weighted by Gasteiger charge is -2.40. The number of nitrogens with zero attached hydrogens (tertiary/aromatic N) is 4. The highest BCUT2D eigenvalue weighted by molar-refractivity contribution is 7.16. The van der Waals surface area contributed by atoms with Gasteiger partial charge in [-0.2, -0.15) is 0 Å². The standard InChI is InChI=1S/C21H29N5OS/c1-14(2)20-24-18-19(26-11-10-25(3)15(13-26)9-12-27-4)22-16-7-5-6-8-17(16)23-21(18)28-20/h5-8,14-15,23H,9-13H2,1-4H3/t15-/m0/s1. The number of benzene rings is 1. The quantitative estimate of drug-likeness (QED) is 0.840. The first-order valence-corrected chi connectivity index (χ1v) is 10.8. The number of para-hydroxylation sites is 2. The van der Waals surface area contributed by atoms with Crippen LogP contribution in [0.25, 0.3) is 0 Å². The Balaban J connectivity index is 1.72. The van der Waals surface area contributed by atoms with Crippen LogP contribution in [-0.4, -0.2) is 67.1 Å². The summed E-state index contributed by atoms with van der Waals surface area (Å²) in [5, 5.41) is 5.83. The van der Waals surface area contributed by atoms with Crippen LogP contribution in [0.4, 0.5) is 16.4 Å². The minimum absolute atomic E-state index is 0.400. The summed E-state index contributed by atoms with van der Waals surface area (Å²) in [7, 11) is 3.97. The summed E-state index contributed by atoms with van der Waals surface area (Å²) in [6.45, 7) is 8.07. The Morgan fingerprint density at radius 1 is 1.29 bits per heavy atom. The minimum atomic E-state index is 0.400. The van der Waals surface area contributed by atoms with Crippen LogP contribution in [0.3, 0.4) is 0 Å². The van der Waals surface area contributed by atoms with E-state index in [0.717, 1.165) is 65.6 Å². The van der Waals surface area contributed by atoms with Crippen LogP contribution in [0.2, 0.25) is 0 Å². The van der Waals surface area contributed by atoms with E-state index in [9.17, 15) is 0 Å². The number of nitrogens with one attached hydrogen (secondary N) is 1. The van der Waals surface area contributed by atoms with Crippen molar-refractivity contribution in [2.75, 3.05) is 45.7 Å². The van der Waals surface area contributed by atoms with E-state index in [1.54, 1.807) is 18.4 Å². The lowest BCUT2D eigenvalue weighted by Crippen LogP contribution is -2.53. The largest absolute Gasteiger partial charge is 0.385 e. The number of thiazole rings is 1. The first kappa shape index (κ1) is 19.4. The second-order valence-corrected chi connectivity index (χ2v) is 8.85. The fourth-order valence-electron chi connectivity index (χ4n) is 3.71. The van der Waals surface area contributed by atoms with Crippen molar-refractivity contribution in [3.8, 4) is 0 Å². The summed E-state index contributed by atoms with van der Waals surface area (Å²) in [4.78, 5) is 14.9. The van der Waals surface area contributed by atoms with Crippen molar-refractivity contribution in [2.45, 2.75) is 32.2 Å². The summed E-state index contributed by atoms with van der Waals surface area (Å²) in [5.74, 6) is 1.39. The van der Waals surface area contributed by atoms with Crippen LogP contribution in [0.15, 0.2) is 29.3 Å². The molecule has 1 saturated heterocycles. The predicted molar refractivity (Wildman–Crippen MR) is 117 cm³/mol. The Kier molecular flexibility index (Phi) is 5.66. The monoisotopic (exact) mass is 399 g/mol. The zero-order valence-corrected chi connectivity index (χ0v) is 17.9. The topological polar surface area (TPSA) is 53.0 Å². The van der Waals surface area contributed by atoms with Gasteiger partial charge in [0.05, 0.1) is 16.4 Å². The third-order valence-electron chi connectivity index (χ3n) is 5.46. The van der Waals surface area contributed by atoms with Gasteiger partial charge < -0.3 is 15.0 Å². The number of aliphatic imine (C=N–C) groups is 1. The SMILES string of the molecule is COCC[C@H]1CN(C2=Nc3ccccc3Nc3sc(C(C)C)nc32)CCN1C. The Bertz CT molecular complexity index is 862. The number of anilines is 2. The molecule has 2 aromatic rings. The summed E-state index contributed by atoms with van der Waals surface area (Å²) < 4.78 is 5.33. The molecule has 1 N–H and O–H groups in total.